The van der Waals surface area contributed by atoms with E-state index in [9.17, 15) is 41.7 Å². The van der Waals surface area contributed by atoms with E-state index < -0.39 is 63.8 Å². The summed E-state index contributed by atoms with van der Waals surface area (Å²) in [7, 11) is 0. The van der Waals surface area contributed by atoms with Gasteiger partial charge in [-0.15, -0.1) is 0 Å². The summed E-state index contributed by atoms with van der Waals surface area (Å²) in [5.41, 5.74) is -2.88. The van der Waals surface area contributed by atoms with Crippen molar-refractivity contribution in [3.63, 3.8) is 0 Å². The second-order valence-electron chi connectivity index (χ2n) is 6.37. The summed E-state index contributed by atoms with van der Waals surface area (Å²) in [4.78, 5) is 34.8. The minimum Gasteiger partial charge on any atom is -0.434 e. The van der Waals surface area contributed by atoms with Gasteiger partial charge in [-0.3, -0.25) is 14.9 Å². The number of nitrogens with one attached hydrogen (secondary N) is 2. The molecule has 0 saturated heterocycles. The number of Topliss-reactive ketones (excluding diaryl/α,β-unsaturated/α-hetero) is 1. The summed E-state index contributed by atoms with van der Waals surface area (Å²) in [6, 6.07) is 6.15. The summed E-state index contributed by atoms with van der Waals surface area (Å²) in [5, 5.41) is 15.3. The number of carbonyl (C=O) groups is 2. The number of hydrogen-bond acceptors (Lipinski definition) is 5. The monoisotopic (exact) mass is 457 g/mol. The first kappa shape index (κ1) is 22.7. The van der Waals surface area contributed by atoms with Crippen molar-refractivity contribution < 1.29 is 41.2 Å². The number of rotatable bonds is 6. The molecular weight excluding hydrogens is 445 g/mol. The highest BCUT2D eigenvalue weighted by atomic mass is 19.4. The first-order valence-corrected chi connectivity index (χ1v) is 8.70. The maximum absolute atomic E-state index is 13.4. The lowest BCUT2D eigenvalue weighted by Gasteiger charge is -2.31. The summed E-state index contributed by atoms with van der Waals surface area (Å²) >= 11 is 0. The molecule has 1 aliphatic rings. The zero-order valence-corrected chi connectivity index (χ0v) is 15.7. The van der Waals surface area contributed by atoms with Crippen molar-refractivity contribution in [3.8, 4) is 5.75 Å². The smallest absolute Gasteiger partial charge is 0.434 e. The van der Waals surface area contributed by atoms with Crippen molar-refractivity contribution in [2.45, 2.75) is 18.8 Å². The fraction of sp³-hybridized carbons (Fsp3) is 0.158. The van der Waals surface area contributed by atoms with Gasteiger partial charge in [0.05, 0.1) is 22.2 Å². The molecule has 1 unspecified atom stereocenters. The molecule has 13 heteroatoms. The van der Waals surface area contributed by atoms with Crippen LogP contribution in [0.15, 0.2) is 54.1 Å². The third-order valence-electron chi connectivity index (χ3n) is 4.37. The van der Waals surface area contributed by atoms with Crippen LogP contribution >= 0.6 is 0 Å². The number of benzene rings is 2. The molecule has 1 aliphatic heterocycles. The molecule has 0 spiro atoms. The van der Waals surface area contributed by atoms with Gasteiger partial charge in [-0.25, -0.2) is 4.79 Å². The van der Waals surface area contributed by atoms with Crippen LogP contribution in [0.2, 0.25) is 0 Å². The minimum atomic E-state index is -5.41. The first-order valence-electron chi connectivity index (χ1n) is 8.70. The Morgan fingerprint density at radius 2 is 1.78 bits per heavy atom. The Balaban J connectivity index is 2.32. The number of nitrogens with zero attached hydrogens (tertiary/aromatic N) is 1. The largest absolute Gasteiger partial charge is 0.454 e. The topological polar surface area (TPSA) is 111 Å². The van der Waals surface area contributed by atoms with Gasteiger partial charge in [0.15, 0.2) is 0 Å². The highest BCUT2D eigenvalue weighted by Gasteiger charge is 2.47. The van der Waals surface area contributed by atoms with Gasteiger partial charge in [0, 0.05) is 17.7 Å². The normalized spacial score (nSPS) is 16.4. The van der Waals surface area contributed by atoms with Crippen LogP contribution in [0, 0.1) is 10.1 Å². The maximum Gasteiger partial charge on any atom is 0.454 e. The molecule has 8 nitrogen and oxygen atoms in total. The van der Waals surface area contributed by atoms with E-state index in [0.29, 0.717) is 6.07 Å². The van der Waals surface area contributed by atoms with E-state index in [0.717, 1.165) is 12.1 Å². The summed E-state index contributed by atoms with van der Waals surface area (Å²) in [6.45, 7) is -3.44. The average molecular weight is 457 g/mol. The Hall–Kier alpha value is -4.03. The number of non-ortho nitro benzene ring substituents is 1. The van der Waals surface area contributed by atoms with Gasteiger partial charge >= 0.3 is 18.8 Å². The third-order valence-corrected chi connectivity index (χ3v) is 4.37. The molecule has 2 amide bonds. The van der Waals surface area contributed by atoms with Crippen LogP contribution in [0.25, 0.3) is 5.70 Å². The summed E-state index contributed by atoms with van der Waals surface area (Å²) < 4.78 is 70.4. The van der Waals surface area contributed by atoms with Crippen LogP contribution in [-0.4, -0.2) is 29.5 Å². The molecule has 2 aromatic carbocycles. The molecular formula is C19H12F5N3O5. The average Bonchev–Trinajstić information content (AvgIpc) is 2.72. The molecule has 1 atom stereocenters. The molecule has 168 valence electrons. The van der Waals surface area contributed by atoms with Gasteiger partial charge in [0.2, 0.25) is 0 Å². The third kappa shape index (κ3) is 4.66. The van der Waals surface area contributed by atoms with Crippen LogP contribution in [0.4, 0.5) is 32.4 Å². The molecule has 2 aromatic rings. The highest BCUT2D eigenvalue weighted by Crippen LogP contribution is 2.40. The number of ether oxygens (including phenoxy) is 1. The van der Waals surface area contributed by atoms with Crippen molar-refractivity contribution >= 4 is 23.2 Å². The van der Waals surface area contributed by atoms with Crippen molar-refractivity contribution in [2.24, 2.45) is 0 Å². The van der Waals surface area contributed by atoms with Gasteiger partial charge in [-0.2, -0.15) is 22.0 Å². The standard InChI is InChI=1S/C19H12F5N3O5/c20-17(21)32-12-7-6-10(27(30)31)8-11(12)15-13(16(28)19(22,23)24)14(25-18(29)26-15)9-4-2-1-3-5-9/h1-8,15,17H,(H2,25,26,29). The Morgan fingerprint density at radius 1 is 1.12 bits per heavy atom. The number of amides is 2. The molecule has 3 rings (SSSR count). The lowest BCUT2D eigenvalue weighted by atomic mass is 9.89. The number of carbonyl (C=O) groups excluding carboxylic acids is 2. The Morgan fingerprint density at radius 3 is 2.34 bits per heavy atom. The molecule has 0 radical (unpaired) electrons. The van der Waals surface area contributed by atoms with Gasteiger partial charge in [0.1, 0.15) is 5.75 Å². The summed E-state index contributed by atoms with van der Waals surface area (Å²) in [6.07, 6.45) is -5.41. The lowest BCUT2D eigenvalue weighted by molar-refractivity contribution is -0.385. The quantitative estimate of drug-likeness (QED) is 0.386. The molecule has 0 aromatic heterocycles. The van der Waals surface area contributed by atoms with Gasteiger partial charge < -0.3 is 15.4 Å². The molecule has 2 N–H and O–H groups in total. The van der Waals surface area contributed by atoms with Crippen molar-refractivity contribution in [3.05, 3.63) is 75.3 Å². The molecule has 0 fully saturated rings. The number of alkyl halides is 5. The molecule has 0 aliphatic carbocycles. The van der Waals surface area contributed by atoms with Gasteiger partial charge in [0.25, 0.3) is 11.5 Å². The Kier molecular flexibility index (Phi) is 6.09. The zero-order valence-electron chi connectivity index (χ0n) is 15.7. The second-order valence-corrected chi connectivity index (χ2v) is 6.37. The number of nitro benzene ring substituents is 1. The van der Waals surface area contributed by atoms with Crippen molar-refractivity contribution in [1.82, 2.24) is 10.6 Å². The molecule has 1 heterocycles. The SMILES string of the molecule is O=C1NC(c2ccccc2)=C(C(=O)C(F)(F)F)C(c2cc([N+](=O)[O-])ccc2OC(F)F)N1. The van der Waals surface area contributed by atoms with E-state index in [1.807, 2.05) is 5.32 Å². The van der Waals surface area contributed by atoms with E-state index in [4.69, 9.17) is 0 Å². The van der Waals surface area contributed by atoms with E-state index >= 15 is 0 Å². The highest BCUT2D eigenvalue weighted by molar-refractivity contribution is 6.10. The lowest BCUT2D eigenvalue weighted by Crippen LogP contribution is -2.47. The number of halogens is 5. The maximum atomic E-state index is 13.4. The predicted octanol–water partition coefficient (Wildman–Crippen LogP) is 4.09. The molecule has 0 bridgehead atoms. The number of nitro groups is 1. The fourth-order valence-corrected chi connectivity index (χ4v) is 3.11. The molecule has 32 heavy (non-hydrogen) atoms. The van der Waals surface area contributed by atoms with E-state index in [1.165, 1.54) is 30.3 Å². The number of hydrogen-bond donors (Lipinski definition) is 2. The van der Waals surface area contributed by atoms with Crippen LogP contribution in [0.5, 0.6) is 5.75 Å². The van der Waals surface area contributed by atoms with Crippen LogP contribution < -0.4 is 15.4 Å². The van der Waals surface area contributed by atoms with Crippen LogP contribution in [-0.2, 0) is 4.79 Å². The van der Waals surface area contributed by atoms with Crippen molar-refractivity contribution in [1.29, 1.82) is 0 Å². The number of urea groups is 1. The Bertz CT molecular complexity index is 1100. The molecule has 0 saturated carbocycles. The van der Waals surface area contributed by atoms with Gasteiger partial charge in [-0.1, -0.05) is 30.3 Å². The van der Waals surface area contributed by atoms with Crippen molar-refractivity contribution in [2.75, 3.05) is 0 Å². The van der Waals surface area contributed by atoms with E-state index in [2.05, 4.69) is 10.1 Å². The predicted molar refractivity (Wildman–Crippen MR) is 98.6 cm³/mol. The van der Waals surface area contributed by atoms with Crippen LogP contribution in [0.1, 0.15) is 17.2 Å². The van der Waals surface area contributed by atoms with Crippen LogP contribution in [0.3, 0.4) is 0 Å². The number of ketones is 1. The van der Waals surface area contributed by atoms with Gasteiger partial charge in [-0.05, 0) is 11.6 Å². The Labute approximate surface area is 175 Å². The summed E-state index contributed by atoms with van der Waals surface area (Å²) in [5.74, 6) is -3.14. The zero-order chi connectivity index (χ0) is 23.6. The first-order chi connectivity index (χ1) is 15.0. The fourth-order valence-electron chi connectivity index (χ4n) is 3.11. The second kappa shape index (κ2) is 8.61. The van der Waals surface area contributed by atoms with E-state index in [-0.39, 0.29) is 5.56 Å². The van der Waals surface area contributed by atoms with E-state index in [1.54, 1.807) is 0 Å². The minimum absolute atomic E-state index is 0.0155.